The molecule has 1 rings (SSSR count). The van der Waals surface area contributed by atoms with Crippen molar-refractivity contribution < 1.29 is 4.79 Å². The highest BCUT2D eigenvalue weighted by molar-refractivity contribution is 6.29. The molecule has 1 saturated heterocycles. The second-order valence-electron chi connectivity index (χ2n) is 2.92. The van der Waals surface area contributed by atoms with E-state index in [0.717, 1.165) is 19.5 Å². The summed E-state index contributed by atoms with van der Waals surface area (Å²) in [7, 11) is 0. The van der Waals surface area contributed by atoms with Gasteiger partial charge in [0.15, 0.2) is 0 Å². The van der Waals surface area contributed by atoms with E-state index < -0.39 is 0 Å². The van der Waals surface area contributed by atoms with Crippen LogP contribution in [0.1, 0.15) is 6.42 Å². The first-order valence-corrected chi connectivity index (χ1v) is 4.39. The van der Waals surface area contributed by atoms with E-state index in [-0.39, 0.29) is 11.8 Å². The third kappa shape index (κ3) is 2.83. The molecule has 3 nitrogen and oxygen atoms in total. The van der Waals surface area contributed by atoms with E-state index >= 15 is 0 Å². The summed E-state index contributed by atoms with van der Waals surface area (Å²) in [5.74, 6) is 0.183. The van der Waals surface area contributed by atoms with Crippen molar-refractivity contribution in [2.75, 3.05) is 19.6 Å². The zero-order valence-electron chi connectivity index (χ0n) is 6.90. The molecule has 0 spiro atoms. The van der Waals surface area contributed by atoms with Gasteiger partial charge in [-0.05, 0) is 13.0 Å². The molecule has 0 saturated carbocycles. The standard InChI is InChI=1S/C8H13ClN2O/c1-6(9)4-11-8(12)7-2-3-10-5-7/h7,10H,1-5H2,(H,11,12). The van der Waals surface area contributed by atoms with Gasteiger partial charge in [0.05, 0.1) is 12.5 Å². The fourth-order valence-electron chi connectivity index (χ4n) is 1.21. The van der Waals surface area contributed by atoms with Gasteiger partial charge < -0.3 is 10.6 Å². The maximum absolute atomic E-state index is 11.3. The Morgan fingerprint density at radius 1 is 1.75 bits per heavy atom. The fourth-order valence-corrected chi connectivity index (χ4v) is 1.27. The number of hydrogen-bond donors (Lipinski definition) is 2. The van der Waals surface area contributed by atoms with E-state index in [1.165, 1.54) is 0 Å². The quantitative estimate of drug-likeness (QED) is 0.676. The number of rotatable bonds is 3. The summed E-state index contributed by atoms with van der Waals surface area (Å²) in [4.78, 5) is 11.3. The molecule has 0 aromatic carbocycles. The van der Waals surface area contributed by atoms with Crippen molar-refractivity contribution in [2.24, 2.45) is 5.92 Å². The maximum atomic E-state index is 11.3. The van der Waals surface area contributed by atoms with E-state index in [0.29, 0.717) is 11.6 Å². The zero-order valence-corrected chi connectivity index (χ0v) is 7.66. The van der Waals surface area contributed by atoms with Crippen LogP contribution in [0.4, 0.5) is 0 Å². The molecule has 0 radical (unpaired) electrons. The molecule has 1 fully saturated rings. The number of carbonyl (C=O) groups excluding carboxylic acids is 1. The Morgan fingerprint density at radius 3 is 3.00 bits per heavy atom. The van der Waals surface area contributed by atoms with Crippen LogP contribution in [0.3, 0.4) is 0 Å². The number of amides is 1. The molecule has 1 unspecified atom stereocenters. The SMILES string of the molecule is C=C(Cl)CNC(=O)C1CCNC1. The zero-order chi connectivity index (χ0) is 8.97. The van der Waals surface area contributed by atoms with Gasteiger partial charge >= 0.3 is 0 Å². The maximum Gasteiger partial charge on any atom is 0.224 e. The van der Waals surface area contributed by atoms with Crippen molar-refractivity contribution in [2.45, 2.75) is 6.42 Å². The van der Waals surface area contributed by atoms with Gasteiger partial charge in [-0.2, -0.15) is 0 Å². The fraction of sp³-hybridized carbons (Fsp3) is 0.625. The van der Waals surface area contributed by atoms with Crippen molar-refractivity contribution in [3.8, 4) is 0 Å². The third-order valence-electron chi connectivity index (χ3n) is 1.89. The Balaban J connectivity index is 2.23. The Hall–Kier alpha value is -0.540. The van der Waals surface area contributed by atoms with Gasteiger partial charge in [0.25, 0.3) is 0 Å². The number of hydrogen-bond acceptors (Lipinski definition) is 2. The van der Waals surface area contributed by atoms with Crippen LogP contribution in [0.2, 0.25) is 0 Å². The minimum absolute atomic E-state index is 0.0711. The summed E-state index contributed by atoms with van der Waals surface area (Å²) in [5, 5.41) is 6.31. The number of halogens is 1. The largest absolute Gasteiger partial charge is 0.351 e. The van der Waals surface area contributed by atoms with Crippen LogP contribution in [0.5, 0.6) is 0 Å². The molecule has 0 aromatic heterocycles. The van der Waals surface area contributed by atoms with E-state index in [4.69, 9.17) is 11.6 Å². The topological polar surface area (TPSA) is 41.1 Å². The van der Waals surface area contributed by atoms with Crippen LogP contribution in [-0.4, -0.2) is 25.5 Å². The van der Waals surface area contributed by atoms with Gasteiger partial charge in [0.1, 0.15) is 0 Å². The average molecular weight is 189 g/mol. The molecule has 1 heterocycles. The molecular weight excluding hydrogens is 176 g/mol. The molecular formula is C8H13ClN2O. The Labute approximate surface area is 77.2 Å². The number of nitrogens with one attached hydrogen (secondary N) is 2. The Morgan fingerprint density at radius 2 is 2.50 bits per heavy atom. The molecule has 0 aliphatic carbocycles. The lowest BCUT2D eigenvalue weighted by molar-refractivity contribution is -0.124. The third-order valence-corrected chi connectivity index (χ3v) is 2.02. The van der Waals surface area contributed by atoms with Crippen molar-refractivity contribution in [3.63, 3.8) is 0 Å². The van der Waals surface area contributed by atoms with Gasteiger partial charge in [-0.1, -0.05) is 18.2 Å². The van der Waals surface area contributed by atoms with E-state index in [2.05, 4.69) is 17.2 Å². The first-order chi connectivity index (χ1) is 5.70. The summed E-state index contributed by atoms with van der Waals surface area (Å²) in [6, 6.07) is 0. The first kappa shape index (κ1) is 9.55. The minimum atomic E-state index is 0.0711. The lowest BCUT2D eigenvalue weighted by Gasteiger charge is -2.08. The summed E-state index contributed by atoms with van der Waals surface area (Å²) in [6.07, 6.45) is 0.917. The highest BCUT2D eigenvalue weighted by Gasteiger charge is 2.21. The summed E-state index contributed by atoms with van der Waals surface area (Å²) >= 11 is 5.50. The van der Waals surface area contributed by atoms with E-state index in [9.17, 15) is 4.79 Å². The van der Waals surface area contributed by atoms with Crippen LogP contribution >= 0.6 is 11.6 Å². The van der Waals surface area contributed by atoms with Gasteiger partial charge in [0, 0.05) is 11.6 Å². The minimum Gasteiger partial charge on any atom is -0.351 e. The normalized spacial score (nSPS) is 22.2. The molecule has 1 amide bonds. The lowest BCUT2D eigenvalue weighted by Crippen LogP contribution is -2.32. The summed E-state index contributed by atoms with van der Waals surface area (Å²) in [5.41, 5.74) is 0. The second-order valence-corrected chi connectivity index (χ2v) is 3.46. The van der Waals surface area contributed by atoms with Gasteiger partial charge in [-0.25, -0.2) is 0 Å². The summed E-state index contributed by atoms with van der Waals surface area (Å²) in [6.45, 7) is 5.57. The Bertz CT molecular complexity index is 187. The molecule has 1 aliphatic heterocycles. The molecule has 2 N–H and O–H groups in total. The highest BCUT2D eigenvalue weighted by Crippen LogP contribution is 2.07. The summed E-state index contributed by atoms with van der Waals surface area (Å²) < 4.78 is 0. The predicted molar refractivity (Wildman–Crippen MR) is 49.0 cm³/mol. The smallest absolute Gasteiger partial charge is 0.224 e. The van der Waals surface area contributed by atoms with E-state index in [1.807, 2.05) is 0 Å². The molecule has 12 heavy (non-hydrogen) atoms. The van der Waals surface area contributed by atoms with Crippen molar-refractivity contribution >= 4 is 17.5 Å². The van der Waals surface area contributed by atoms with Crippen LogP contribution in [0.25, 0.3) is 0 Å². The monoisotopic (exact) mass is 188 g/mol. The molecule has 0 aromatic rings. The van der Waals surface area contributed by atoms with Crippen LogP contribution in [-0.2, 0) is 4.79 Å². The molecule has 1 atom stereocenters. The van der Waals surface area contributed by atoms with Crippen molar-refractivity contribution in [3.05, 3.63) is 11.6 Å². The average Bonchev–Trinajstić information content (AvgIpc) is 2.51. The first-order valence-electron chi connectivity index (χ1n) is 4.02. The predicted octanol–water partition coefficient (Wildman–Crippen LogP) is 0.465. The van der Waals surface area contributed by atoms with Gasteiger partial charge in [0.2, 0.25) is 5.91 Å². The van der Waals surface area contributed by atoms with Crippen molar-refractivity contribution in [1.82, 2.24) is 10.6 Å². The van der Waals surface area contributed by atoms with E-state index in [1.54, 1.807) is 0 Å². The van der Waals surface area contributed by atoms with Crippen molar-refractivity contribution in [1.29, 1.82) is 0 Å². The highest BCUT2D eigenvalue weighted by atomic mass is 35.5. The van der Waals surface area contributed by atoms with Gasteiger partial charge in [-0.15, -0.1) is 0 Å². The lowest BCUT2D eigenvalue weighted by atomic mass is 10.1. The second kappa shape index (κ2) is 4.48. The van der Waals surface area contributed by atoms with Crippen LogP contribution in [0.15, 0.2) is 11.6 Å². The van der Waals surface area contributed by atoms with Crippen LogP contribution < -0.4 is 10.6 Å². The molecule has 4 heteroatoms. The Kier molecular flexibility index (Phi) is 3.56. The molecule has 0 bridgehead atoms. The molecule has 68 valence electrons. The number of carbonyl (C=O) groups is 1. The van der Waals surface area contributed by atoms with Crippen LogP contribution in [0, 0.1) is 5.92 Å². The molecule has 1 aliphatic rings. The van der Waals surface area contributed by atoms with Gasteiger partial charge in [-0.3, -0.25) is 4.79 Å².